The van der Waals surface area contributed by atoms with E-state index in [0.717, 1.165) is 35.5 Å². The van der Waals surface area contributed by atoms with Crippen LogP contribution in [-0.2, 0) is 4.79 Å². The van der Waals surface area contributed by atoms with E-state index in [0.29, 0.717) is 11.7 Å². The minimum atomic E-state index is 0.434. The van der Waals surface area contributed by atoms with Gasteiger partial charge in [0.05, 0.1) is 0 Å². The van der Waals surface area contributed by atoms with Crippen molar-refractivity contribution in [2.45, 2.75) is 26.2 Å². The fourth-order valence-corrected chi connectivity index (χ4v) is 5.48. The van der Waals surface area contributed by atoms with Crippen LogP contribution >= 0.6 is 0 Å². The number of allylic oxidation sites excluding steroid dienone is 2. The molecule has 3 fully saturated rings. The summed E-state index contributed by atoms with van der Waals surface area (Å²) in [6, 6.07) is 0. The number of hydrogen-bond acceptors (Lipinski definition) is 1. The van der Waals surface area contributed by atoms with E-state index in [2.05, 4.69) is 12.2 Å². The molecule has 4 aliphatic carbocycles. The summed E-state index contributed by atoms with van der Waals surface area (Å²) in [4.78, 5) is 11.6. The highest BCUT2D eigenvalue weighted by molar-refractivity contribution is 5.79. The molecule has 0 N–H and O–H groups in total. The molecule has 0 radical (unpaired) electrons. The molecule has 0 heterocycles. The maximum Gasteiger partial charge on any atom is 0.133 e. The molecule has 0 spiro atoms. The Labute approximate surface area is 90.9 Å². The van der Waals surface area contributed by atoms with Crippen molar-refractivity contribution in [2.75, 3.05) is 0 Å². The number of carbonyl (C=O) groups excluding carboxylic acids is 1. The maximum absolute atomic E-state index is 11.6. The lowest BCUT2D eigenvalue weighted by Crippen LogP contribution is -2.33. The molecule has 15 heavy (non-hydrogen) atoms. The molecule has 1 nitrogen and oxygen atoms in total. The van der Waals surface area contributed by atoms with Crippen molar-refractivity contribution in [1.29, 1.82) is 0 Å². The topological polar surface area (TPSA) is 17.1 Å². The van der Waals surface area contributed by atoms with E-state index in [1.54, 1.807) is 0 Å². The molecule has 0 aromatic heterocycles. The lowest BCUT2D eigenvalue weighted by atomic mass is 9.68. The van der Waals surface area contributed by atoms with Crippen LogP contribution in [0.1, 0.15) is 26.2 Å². The number of fused-ring (bicyclic) bond motifs is 9. The van der Waals surface area contributed by atoms with Gasteiger partial charge in [-0.15, -0.1) is 0 Å². The van der Waals surface area contributed by atoms with Gasteiger partial charge in [0.15, 0.2) is 0 Å². The van der Waals surface area contributed by atoms with Crippen LogP contribution < -0.4 is 0 Å². The fourth-order valence-electron chi connectivity index (χ4n) is 5.48. The summed E-state index contributed by atoms with van der Waals surface area (Å²) in [7, 11) is 0. The standard InChI is InChI=1S/C14H18O/c1-7(15)11-5-10-6-12(11)14-9-3-2-8(4-9)13(10)14/h2-3,8-14H,4-6H2,1H3. The van der Waals surface area contributed by atoms with Crippen LogP contribution in [0.3, 0.4) is 0 Å². The molecule has 0 aliphatic heterocycles. The summed E-state index contributed by atoms with van der Waals surface area (Å²) in [6.45, 7) is 1.81. The summed E-state index contributed by atoms with van der Waals surface area (Å²) in [5.41, 5.74) is 0. The van der Waals surface area contributed by atoms with Crippen molar-refractivity contribution in [2.24, 2.45) is 41.4 Å². The molecule has 7 atom stereocenters. The minimum Gasteiger partial charge on any atom is -0.300 e. The largest absolute Gasteiger partial charge is 0.300 e. The highest BCUT2D eigenvalue weighted by Crippen LogP contribution is 2.66. The maximum atomic E-state index is 11.6. The van der Waals surface area contributed by atoms with Gasteiger partial charge in [-0.25, -0.2) is 0 Å². The first-order valence-corrected chi connectivity index (χ1v) is 6.44. The van der Waals surface area contributed by atoms with Crippen molar-refractivity contribution < 1.29 is 4.79 Å². The molecule has 80 valence electrons. The molecule has 7 unspecified atom stereocenters. The molecule has 3 saturated carbocycles. The average molecular weight is 202 g/mol. The first-order chi connectivity index (χ1) is 7.25. The van der Waals surface area contributed by atoms with Crippen molar-refractivity contribution in [1.82, 2.24) is 0 Å². The highest BCUT2D eigenvalue weighted by atomic mass is 16.1. The van der Waals surface area contributed by atoms with Gasteiger partial charge in [-0.05, 0) is 61.7 Å². The molecule has 4 bridgehead atoms. The van der Waals surface area contributed by atoms with Gasteiger partial charge in [-0.2, -0.15) is 0 Å². The van der Waals surface area contributed by atoms with E-state index in [1.807, 2.05) is 6.92 Å². The number of ketones is 1. The van der Waals surface area contributed by atoms with Crippen LogP contribution in [0.4, 0.5) is 0 Å². The van der Waals surface area contributed by atoms with E-state index in [1.165, 1.54) is 19.3 Å². The third kappa shape index (κ3) is 0.885. The zero-order valence-corrected chi connectivity index (χ0v) is 9.23. The Morgan fingerprint density at radius 2 is 1.80 bits per heavy atom. The fraction of sp³-hybridized carbons (Fsp3) is 0.786. The van der Waals surface area contributed by atoms with Crippen molar-refractivity contribution >= 4 is 5.78 Å². The zero-order valence-electron chi connectivity index (χ0n) is 9.23. The Balaban J connectivity index is 1.71. The number of carbonyl (C=O) groups is 1. The van der Waals surface area contributed by atoms with E-state index in [4.69, 9.17) is 0 Å². The minimum absolute atomic E-state index is 0.434. The van der Waals surface area contributed by atoms with E-state index < -0.39 is 0 Å². The van der Waals surface area contributed by atoms with E-state index in [-0.39, 0.29) is 0 Å². The van der Waals surface area contributed by atoms with Crippen LogP contribution in [0.5, 0.6) is 0 Å². The average Bonchev–Trinajstić information content (AvgIpc) is 2.95. The van der Waals surface area contributed by atoms with Gasteiger partial charge in [0.25, 0.3) is 0 Å². The lowest BCUT2D eigenvalue weighted by Gasteiger charge is -2.35. The molecule has 1 heteroatoms. The van der Waals surface area contributed by atoms with Crippen molar-refractivity contribution in [3.8, 4) is 0 Å². The van der Waals surface area contributed by atoms with Crippen molar-refractivity contribution in [3.63, 3.8) is 0 Å². The van der Waals surface area contributed by atoms with Crippen LogP contribution in [-0.4, -0.2) is 5.78 Å². The first-order valence-electron chi connectivity index (χ1n) is 6.44. The Morgan fingerprint density at radius 1 is 1.07 bits per heavy atom. The number of Topliss-reactive ketones (excluding diaryl/α,β-unsaturated/α-hetero) is 1. The van der Waals surface area contributed by atoms with Crippen molar-refractivity contribution in [3.05, 3.63) is 12.2 Å². The van der Waals surface area contributed by atoms with Gasteiger partial charge < -0.3 is 0 Å². The van der Waals surface area contributed by atoms with Gasteiger partial charge in [0.2, 0.25) is 0 Å². The second kappa shape index (κ2) is 2.56. The summed E-state index contributed by atoms with van der Waals surface area (Å²) in [6.07, 6.45) is 8.92. The second-order valence-corrected chi connectivity index (χ2v) is 6.22. The van der Waals surface area contributed by atoms with Gasteiger partial charge in [-0.3, -0.25) is 4.79 Å². The Kier molecular flexibility index (Phi) is 1.46. The number of rotatable bonds is 1. The van der Waals surface area contributed by atoms with Gasteiger partial charge >= 0.3 is 0 Å². The van der Waals surface area contributed by atoms with Crippen LogP contribution in [0.2, 0.25) is 0 Å². The molecule has 4 aliphatic rings. The Hall–Kier alpha value is -0.590. The second-order valence-electron chi connectivity index (χ2n) is 6.22. The quantitative estimate of drug-likeness (QED) is 0.472. The predicted molar refractivity (Wildman–Crippen MR) is 58.1 cm³/mol. The van der Waals surface area contributed by atoms with Crippen LogP contribution in [0.15, 0.2) is 12.2 Å². The van der Waals surface area contributed by atoms with Gasteiger partial charge in [-0.1, -0.05) is 12.2 Å². The summed E-state index contributed by atoms with van der Waals surface area (Å²) in [5.74, 6) is 6.16. The SMILES string of the molecule is CC(=O)C1CC2CC1C1C3C=CC(C3)C21. The van der Waals surface area contributed by atoms with Gasteiger partial charge in [0.1, 0.15) is 5.78 Å². The highest BCUT2D eigenvalue weighted by Gasteiger charge is 2.61. The van der Waals surface area contributed by atoms with Crippen LogP contribution in [0.25, 0.3) is 0 Å². The molecule has 0 amide bonds. The molecule has 0 aromatic carbocycles. The first kappa shape index (κ1) is 8.55. The lowest BCUT2D eigenvalue weighted by molar-refractivity contribution is -0.123. The summed E-state index contributed by atoms with van der Waals surface area (Å²) >= 11 is 0. The van der Waals surface area contributed by atoms with Gasteiger partial charge in [0, 0.05) is 5.92 Å². The van der Waals surface area contributed by atoms with E-state index >= 15 is 0 Å². The normalized spacial score (nSPS) is 58.9. The predicted octanol–water partition coefficient (Wildman–Crippen LogP) is 2.67. The molecule has 0 aromatic rings. The Bertz CT molecular complexity index is 356. The smallest absolute Gasteiger partial charge is 0.133 e. The molecule has 0 saturated heterocycles. The number of hydrogen-bond donors (Lipinski definition) is 0. The third-order valence-corrected chi connectivity index (χ3v) is 5.79. The third-order valence-electron chi connectivity index (χ3n) is 5.79. The monoisotopic (exact) mass is 202 g/mol. The van der Waals surface area contributed by atoms with Crippen LogP contribution in [0, 0.1) is 41.4 Å². The molecular formula is C14H18O. The Morgan fingerprint density at radius 3 is 2.53 bits per heavy atom. The summed E-state index contributed by atoms with van der Waals surface area (Å²) < 4.78 is 0. The zero-order chi connectivity index (χ0) is 10.2. The van der Waals surface area contributed by atoms with E-state index in [9.17, 15) is 4.79 Å². The molecular weight excluding hydrogens is 184 g/mol. The molecule has 4 rings (SSSR count). The summed E-state index contributed by atoms with van der Waals surface area (Å²) in [5, 5.41) is 0.